The van der Waals surface area contributed by atoms with Crippen LogP contribution in [0.4, 0.5) is 10.8 Å². The minimum atomic E-state index is -3.67. The molecule has 0 aliphatic rings. The quantitative estimate of drug-likeness (QED) is 0.845. The van der Waals surface area contributed by atoms with Gasteiger partial charge in [0.05, 0.1) is 5.69 Å². The van der Waals surface area contributed by atoms with Gasteiger partial charge in [-0.25, -0.2) is 13.4 Å². The Morgan fingerprint density at radius 1 is 1.33 bits per heavy atom. The maximum atomic E-state index is 12.1. The van der Waals surface area contributed by atoms with E-state index in [1.54, 1.807) is 18.3 Å². The number of thiazole rings is 1. The Bertz CT molecular complexity index is 677. The van der Waals surface area contributed by atoms with Gasteiger partial charge >= 0.3 is 0 Å². The fraction of sp³-hybridized carbons (Fsp3) is 0.182. The molecule has 1 heterocycles. The van der Waals surface area contributed by atoms with E-state index in [-0.39, 0.29) is 10.6 Å². The lowest BCUT2D eigenvalue weighted by Gasteiger charge is -2.08. The standard InChI is InChI=1S/C11H13N3O2S2/c1-7-3-4-10(9(12)5-7)18(15,16)14-11-13-6-8(2)17-11/h3-6H,12H2,1-2H3,(H,13,14). The van der Waals surface area contributed by atoms with E-state index in [2.05, 4.69) is 9.71 Å². The molecule has 5 nitrogen and oxygen atoms in total. The predicted molar refractivity (Wildman–Crippen MR) is 73.3 cm³/mol. The van der Waals surface area contributed by atoms with Crippen LogP contribution in [0.25, 0.3) is 0 Å². The summed E-state index contributed by atoms with van der Waals surface area (Å²) in [7, 11) is -3.67. The zero-order chi connectivity index (χ0) is 13.3. The molecule has 0 spiro atoms. The number of benzene rings is 1. The van der Waals surface area contributed by atoms with Crippen molar-refractivity contribution in [2.45, 2.75) is 18.7 Å². The normalized spacial score (nSPS) is 11.4. The number of nitrogen functional groups attached to an aromatic ring is 1. The number of sulfonamides is 1. The fourth-order valence-electron chi connectivity index (χ4n) is 1.48. The lowest BCUT2D eigenvalue weighted by atomic mass is 10.2. The summed E-state index contributed by atoms with van der Waals surface area (Å²) in [5.41, 5.74) is 6.88. The van der Waals surface area contributed by atoms with Crippen molar-refractivity contribution in [3.63, 3.8) is 0 Å². The maximum absolute atomic E-state index is 12.1. The average Bonchev–Trinajstić information content (AvgIpc) is 2.62. The Hall–Kier alpha value is -1.60. The van der Waals surface area contributed by atoms with Gasteiger partial charge in [-0.3, -0.25) is 4.72 Å². The summed E-state index contributed by atoms with van der Waals surface area (Å²) in [6.07, 6.45) is 1.61. The number of nitrogens with zero attached hydrogens (tertiary/aromatic N) is 1. The molecule has 0 bridgehead atoms. The smallest absolute Gasteiger partial charge is 0.265 e. The van der Waals surface area contributed by atoms with E-state index in [1.807, 2.05) is 13.8 Å². The van der Waals surface area contributed by atoms with Gasteiger partial charge in [0.15, 0.2) is 5.13 Å². The summed E-state index contributed by atoms with van der Waals surface area (Å²) in [4.78, 5) is 4.97. The van der Waals surface area contributed by atoms with E-state index in [4.69, 9.17) is 5.73 Å². The van der Waals surface area contributed by atoms with Crippen LogP contribution < -0.4 is 10.5 Å². The number of anilines is 2. The summed E-state index contributed by atoms with van der Waals surface area (Å²) in [5, 5.41) is 0.340. The molecule has 0 atom stereocenters. The van der Waals surface area contributed by atoms with Gasteiger partial charge in [0.25, 0.3) is 10.0 Å². The van der Waals surface area contributed by atoms with Crippen molar-refractivity contribution in [3.8, 4) is 0 Å². The number of aromatic nitrogens is 1. The van der Waals surface area contributed by atoms with Gasteiger partial charge < -0.3 is 5.73 Å². The highest BCUT2D eigenvalue weighted by Crippen LogP contribution is 2.24. The second kappa shape index (κ2) is 4.58. The predicted octanol–water partition coefficient (Wildman–Crippen LogP) is 2.14. The highest BCUT2D eigenvalue weighted by Gasteiger charge is 2.18. The summed E-state index contributed by atoms with van der Waals surface area (Å²) in [6, 6.07) is 4.83. The highest BCUT2D eigenvalue weighted by molar-refractivity contribution is 7.93. The van der Waals surface area contributed by atoms with Crippen molar-refractivity contribution in [2.24, 2.45) is 0 Å². The Labute approximate surface area is 110 Å². The van der Waals surface area contributed by atoms with Gasteiger partial charge in [-0.2, -0.15) is 0 Å². The molecular formula is C11H13N3O2S2. The summed E-state index contributed by atoms with van der Waals surface area (Å²) in [6.45, 7) is 3.71. The van der Waals surface area contributed by atoms with Crippen molar-refractivity contribution in [1.82, 2.24) is 4.98 Å². The first kappa shape index (κ1) is 12.8. The molecule has 0 aliphatic carbocycles. The van der Waals surface area contributed by atoms with E-state index in [1.165, 1.54) is 17.4 Å². The molecule has 18 heavy (non-hydrogen) atoms. The number of rotatable bonds is 3. The second-order valence-electron chi connectivity index (χ2n) is 3.92. The van der Waals surface area contributed by atoms with E-state index >= 15 is 0 Å². The number of nitrogens with one attached hydrogen (secondary N) is 1. The van der Waals surface area contributed by atoms with Crippen LogP contribution >= 0.6 is 11.3 Å². The Morgan fingerprint density at radius 2 is 2.06 bits per heavy atom. The third-order valence-corrected chi connectivity index (χ3v) is 4.67. The van der Waals surface area contributed by atoms with Gasteiger partial charge in [0, 0.05) is 11.1 Å². The molecule has 96 valence electrons. The average molecular weight is 283 g/mol. The second-order valence-corrected chi connectivity index (χ2v) is 6.81. The third kappa shape index (κ3) is 2.62. The lowest BCUT2D eigenvalue weighted by molar-refractivity contribution is 0.601. The van der Waals surface area contributed by atoms with Crippen LogP contribution in [0.2, 0.25) is 0 Å². The summed E-state index contributed by atoms with van der Waals surface area (Å²) < 4.78 is 26.7. The third-order valence-electron chi connectivity index (χ3n) is 2.30. The monoisotopic (exact) mass is 283 g/mol. The van der Waals surface area contributed by atoms with Crippen LogP contribution in [0.3, 0.4) is 0 Å². The molecule has 0 fully saturated rings. The van der Waals surface area contributed by atoms with Crippen molar-refractivity contribution >= 4 is 32.2 Å². The molecular weight excluding hydrogens is 270 g/mol. The number of hydrogen-bond donors (Lipinski definition) is 2. The SMILES string of the molecule is Cc1ccc(S(=O)(=O)Nc2ncc(C)s2)c(N)c1. The molecule has 0 saturated carbocycles. The van der Waals surface area contributed by atoms with Gasteiger partial charge in [0.1, 0.15) is 4.90 Å². The van der Waals surface area contributed by atoms with Crippen molar-refractivity contribution in [3.05, 3.63) is 34.8 Å². The molecule has 0 unspecified atom stereocenters. The van der Waals surface area contributed by atoms with E-state index in [0.717, 1.165) is 10.4 Å². The molecule has 2 rings (SSSR count). The molecule has 3 N–H and O–H groups in total. The van der Waals surface area contributed by atoms with E-state index in [0.29, 0.717) is 5.13 Å². The molecule has 0 radical (unpaired) electrons. The van der Waals surface area contributed by atoms with Gasteiger partial charge in [-0.15, -0.1) is 11.3 Å². The lowest BCUT2D eigenvalue weighted by Crippen LogP contribution is -2.14. The molecule has 0 amide bonds. The number of nitrogens with two attached hydrogens (primary N) is 1. The minimum Gasteiger partial charge on any atom is -0.398 e. The van der Waals surface area contributed by atoms with Crippen LogP contribution in [-0.2, 0) is 10.0 Å². The van der Waals surface area contributed by atoms with Crippen molar-refractivity contribution in [2.75, 3.05) is 10.5 Å². The molecule has 1 aromatic heterocycles. The first-order valence-electron chi connectivity index (χ1n) is 5.20. The number of hydrogen-bond acceptors (Lipinski definition) is 5. The first-order chi connectivity index (χ1) is 8.38. The molecule has 7 heteroatoms. The zero-order valence-electron chi connectivity index (χ0n) is 9.97. The van der Waals surface area contributed by atoms with E-state index in [9.17, 15) is 8.42 Å². The molecule has 2 aromatic rings. The molecule has 1 aromatic carbocycles. The fourth-order valence-corrected chi connectivity index (χ4v) is 3.50. The minimum absolute atomic E-state index is 0.0703. The van der Waals surface area contributed by atoms with Crippen LogP contribution in [-0.4, -0.2) is 13.4 Å². The Morgan fingerprint density at radius 3 is 2.61 bits per heavy atom. The van der Waals surface area contributed by atoms with Crippen molar-refractivity contribution in [1.29, 1.82) is 0 Å². The van der Waals surface area contributed by atoms with E-state index < -0.39 is 10.0 Å². The molecule has 0 saturated heterocycles. The van der Waals surface area contributed by atoms with Crippen molar-refractivity contribution < 1.29 is 8.42 Å². The largest absolute Gasteiger partial charge is 0.398 e. The topological polar surface area (TPSA) is 85.1 Å². The summed E-state index contributed by atoms with van der Waals surface area (Å²) in [5.74, 6) is 0. The Kier molecular flexibility index (Phi) is 3.27. The van der Waals surface area contributed by atoms with Gasteiger partial charge in [-0.1, -0.05) is 6.07 Å². The zero-order valence-corrected chi connectivity index (χ0v) is 11.6. The van der Waals surface area contributed by atoms with Crippen LogP contribution in [0, 0.1) is 13.8 Å². The highest BCUT2D eigenvalue weighted by atomic mass is 32.2. The first-order valence-corrected chi connectivity index (χ1v) is 7.50. The van der Waals surface area contributed by atoms with Gasteiger partial charge in [0.2, 0.25) is 0 Å². The van der Waals surface area contributed by atoms with Gasteiger partial charge in [-0.05, 0) is 31.5 Å². The Balaban J connectivity index is 2.36. The molecule has 0 aliphatic heterocycles. The van der Waals surface area contributed by atoms with Crippen LogP contribution in [0.1, 0.15) is 10.4 Å². The number of aryl methyl sites for hydroxylation is 2. The van der Waals surface area contributed by atoms with Crippen LogP contribution in [0.15, 0.2) is 29.3 Å². The summed E-state index contributed by atoms with van der Waals surface area (Å²) >= 11 is 1.28. The van der Waals surface area contributed by atoms with Crippen LogP contribution in [0.5, 0.6) is 0 Å². The maximum Gasteiger partial charge on any atom is 0.265 e.